The van der Waals surface area contributed by atoms with Gasteiger partial charge in [-0.25, -0.2) is 4.68 Å². The number of fused-ring (bicyclic) bond motifs is 1. The minimum atomic E-state index is 0.00348. The SMILES string of the molecule is CCN(C(=O)Cn1nnc2ccccc21)c1cccc(C)c1. The van der Waals surface area contributed by atoms with Crippen LogP contribution < -0.4 is 4.90 Å². The summed E-state index contributed by atoms with van der Waals surface area (Å²) in [6.45, 7) is 4.80. The number of para-hydroxylation sites is 1. The van der Waals surface area contributed by atoms with E-state index in [1.807, 2.05) is 62.4 Å². The van der Waals surface area contributed by atoms with Crippen LogP contribution in [0.25, 0.3) is 11.0 Å². The Hall–Kier alpha value is -2.69. The highest BCUT2D eigenvalue weighted by molar-refractivity contribution is 5.93. The Bertz CT molecular complexity index is 809. The third kappa shape index (κ3) is 2.70. The maximum atomic E-state index is 12.6. The first kappa shape index (κ1) is 14.3. The van der Waals surface area contributed by atoms with Crippen molar-refractivity contribution in [1.29, 1.82) is 0 Å². The van der Waals surface area contributed by atoms with Gasteiger partial charge in [0.15, 0.2) is 0 Å². The van der Waals surface area contributed by atoms with Crippen molar-refractivity contribution >= 4 is 22.6 Å². The van der Waals surface area contributed by atoms with Crippen LogP contribution in [0.5, 0.6) is 0 Å². The second-order valence-electron chi connectivity index (χ2n) is 5.21. The molecule has 2 aromatic carbocycles. The summed E-state index contributed by atoms with van der Waals surface area (Å²) >= 11 is 0. The van der Waals surface area contributed by atoms with Crippen molar-refractivity contribution in [2.24, 2.45) is 0 Å². The molecule has 0 N–H and O–H groups in total. The first-order valence-electron chi connectivity index (χ1n) is 7.34. The summed E-state index contributed by atoms with van der Waals surface area (Å²) < 4.78 is 1.65. The quantitative estimate of drug-likeness (QED) is 0.743. The molecule has 22 heavy (non-hydrogen) atoms. The molecule has 1 heterocycles. The summed E-state index contributed by atoms with van der Waals surface area (Å²) in [6, 6.07) is 15.6. The van der Waals surface area contributed by atoms with E-state index in [0.717, 1.165) is 22.3 Å². The highest BCUT2D eigenvalue weighted by Crippen LogP contribution is 2.17. The van der Waals surface area contributed by atoms with Crippen molar-refractivity contribution < 1.29 is 4.79 Å². The van der Waals surface area contributed by atoms with Gasteiger partial charge in [0.2, 0.25) is 5.91 Å². The van der Waals surface area contributed by atoms with Gasteiger partial charge >= 0.3 is 0 Å². The van der Waals surface area contributed by atoms with Gasteiger partial charge in [0, 0.05) is 12.2 Å². The second kappa shape index (κ2) is 5.97. The molecule has 0 aliphatic carbocycles. The second-order valence-corrected chi connectivity index (χ2v) is 5.21. The molecule has 0 spiro atoms. The molecule has 5 heteroatoms. The Morgan fingerprint density at radius 3 is 2.77 bits per heavy atom. The number of nitrogens with zero attached hydrogens (tertiary/aromatic N) is 4. The molecular formula is C17H18N4O. The molecule has 0 saturated carbocycles. The van der Waals surface area contributed by atoms with Gasteiger partial charge in [-0.2, -0.15) is 0 Å². The first-order valence-corrected chi connectivity index (χ1v) is 7.34. The summed E-state index contributed by atoms with van der Waals surface area (Å²) in [5, 5.41) is 8.17. The zero-order valence-electron chi connectivity index (χ0n) is 12.7. The fourth-order valence-electron chi connectivity index (χ4n) is 2.55. The van der Waals surface area contributed by atoms with Crippen LogP contribution in [0, 0.1) is 6.92 Å². The van der Waals surface area contributed by atoms with Gasteiger partial charge in [-0.3, -0.25) is 4.79 Å². The average Bonchev–Trinajstić information content (AvgIpc) is 2.91. The van der Waals surface area contributed by atoms with Crippen molar-refractivity contribution in [2.75, 3.05) is 11.4 Å². The number of likely N-dealkylation sites (N-methyl/N-ethyl adjacent to an activating group) is 1. The summed E-state index contributed by atoms with van der Waals surface area (Å²) in [5.74, 6) is 0.00348. The number of hydrogen-bond donors (Lipinski definition) is 0. The van der Waals surface area contributed by atoms with Crippen LogP contribution in [-0.4, -0.2) is 27.4 Å². The number of aromatic nitrogens is 3. The highest BCUT2D eigenvalue weighted by atomic mass is 16.2. The van der Waals surface area contributed by atoms with Gasteiger partial charge in [0.1, 0.15) is 12.1 Å². The lowest BCUT2D eigenvalue weighted by atomic mass is 10.2. The molecule has 1 aromatic heterocycles. The number of anilines is 1. The van der Waals surface area contributed by atoms with E-state index in [9.17, 15) is 4.79 Å². The number of aryl methyl sites for hydroxylation is 1. The van der Waals surface area contributed by atoms with Crippen LogP contribution in [0.1, 0.15) is 12.5 Å². The number of hydrogen-bond acceptors (Lipinski definition) is 3. The minimum absolute atomic E-state index is 0.00348. The standard InChI is InChI=1S/C17H18N4O/c1-3-20(14-8-6-7-13(2)11-14)17(22)12-21-16-10-5-4-9-15(16)18-19-21/h4-11H,3,12H2,1-2H3. The lowest BCUT2D eigenvalue weighted by Gasteiger charge is -2.21. The van der Waals surface area contributed by atoms with E-state index < -0.39 is 0 Å². The van der Waals surface area contributed by atoms with Gasteiger partial charge in [-0.05, 0) is 43.7 Å². The first-order chi connectivity index (χ1) is 10.7. The number of rotatable bonds is 4. The van der Waals surface area contributed by atoms with Gasteiger partial charge < -0.3 is 4.90 Å². The summed E-state index contributed by atoms with van der Waals surface area (Å²) in [5.41, 5.74) is 3.72. The van der Waals surface area contributed by atoms with E-state index in [4.69, 9.17) is 0 Å². The van der Waals surface area contributed by atoms with E-state index in [1.165, 1.54) is 0 Å². The predicted molar refractivity (Wildman–Crippen MR) is 86.7 cm³/mol. The van der Waals surface area contributed by atoms with Crippen LogP contribution in [0.15, 0.2) is 48.5 Å². The Kier molecular flexibility index (Phi) is 3.87. The van der Waals surface area contributed by atoms with Gasteiger partial charge in [0.25, 0.3) is 0 Å². The van der Waals surface area contributed by atoms with Gasteiger partial charge in [-0.15, -0.1) is 5.10 Å². The number of carbonyl (C=O) groups is 1. The van der Waals surface area contributed by atoms with Crippen LogP contribution in [0.3, 0.4) is 0 Å². The fraction of sp³-hybridized carbons (Fsp3) is 0.235. The molecule has 1 amide bonds. The Labute approximate surface area is 129 Å². The van der Waals surface area contributed by atoms with Crippen molar-refractivity contribution in [2.45, 2.75) is 20.4 Å². The number of carbonyl (C=O) groups excluding carboxylic acids is 1. The Balaban J connectivity index is 1.86. The van der Waals surface area contributed by atoms with Crippen LogP contribution in [0.2, 0.25) is 0 Å². The summed E-state index contributed by atoms with van der Waals surface area (Å²) in [7, 11) is 0. The molecular weight excluding hydrogens is 276 g/mol. The average molecular weight is 294 g/mol. The topological polar surface area (TPSA) is 51.0 Å². The molecule has 112 valence electrons. The molecule has 0 bridgehead atoms. The van der Waals surface area contributed by atoms with Gasteiger partial charge in [-0.1, -0.05) is 29.5 Å². The molecule has 0 unspecified atom stereocenters. The van der Waals surface area contributed by atoms with E-state index in [-0.39, 0.29) is 12.5 Å². The highest BCUT2D eigenvalue weighted by Gasteiger charge is 2.16. The third-order valence-electron chi connectivity index (χ3n) is 3.64. The molecule has 0 aliphatic rings. The lowest BCUT2D eigenvalue weighted by Crippen LogP contribution is -2.34. The molecule has 0 atom stereocenters. The monoisotopic (exact) mass is 294 g/mol. The van der Waals surface area contributed by atoms with Crippen LogP contribution in [0.4, 0.5) is 5.69 Å². The predicted octanol–water partition coefficient (Wildman–Crippen LogP) is 2.79. The maximum Gasteiger partial charge on any atom is 0.248 e. The van der Waals surface area contributed by atoms with Crippen molar-refractivity contribution in [3.63, 3.8) is 0 Å². The Morgan fingerprint density at radius 2 is 2.00 bits per heavy atom. The molecule has 3 aromatic rings. The smallest absolute Gasteiger partial charge is 0.248 e. The molecule has 0 fully saturated rings. The van der Waals surface area contributed by atoms with E-state index in [2.05, 4.69) is 10.3 Å². The largest absolute Gasteiger partial charge is 0.311 e. The third-order valence-corrected chi connectivity index (χ3v) is 3.64. The zero-order valence-corrected chi connectivity index (χ0v) is 12.7. The zero-order chi connectivity index (χ0) is 15.5. The van der Waals surface area contributed by atoms with Crippen molar-refractivity contribution in [1.82, 2.24) is 15.0 Å². The number of benzene rings is 2. The molecule has 0 saturated heterocycles. The Morgan fingerprint density at radius 1 is 1.18 bits per heavy atom. The fourth-order valence-corrected chi connectivity index (χ4v) is 2.55. The number of amides is 1. The lowest BCUT2D eigenvalue weighted by molar-refractivity contribution is -0.119. The maximum absolute atomic E-state index is 12.6. The minimum Gasteiger partial charge on any atom is -0.311 e. The molecule has 0 aliphatic heterocycles. The van der Waals surface area contributed by atoms with Crippen molar-refractivity contribution in [3.8, 4) is 0 Å². The molecule has 3 rings (SSSR count). The summed E-state index contributed by atoms with van der Waals surface area (Å²) in [4.78, 5) is 14.4. The molecule has 5 nitrogen and oxygen atoms in total. The van der Waals surface area contributed by atoms with Crippen LogP contribution in [-0.2, 0) is 11.3 Å². The summed E-state index contributed by atoms with van der Waals surface area (Å²) in [6.07, 6.45) is 0. The van der Waals surface area contributed by atoms with Gasteiger partial charge in [0.05, 0.1) is 5.52 Å². The van der Waals surface area contributed by atoms with E-state index in [0.29, 0.717) is 6.54 Å². The van der Waals surface area contributed by atoms with E-state index in [1.54, 1.807) is 9.58 Å². The molecule has 0 radical (unpaired) electrons. The van der Waals surface area contributed by atoms with E-state index >= 15 is 0 Å². The normalized spacial score (nSPS) is 10.8. The van der Waals surface area contributed by atoms with Crippen LogP contribution >= 0.6 is 0 Å². The van der Waals surface area contributed by atoms with Crippen molar-refractivity contribution in [3.05, 3.63) is 54.1 Å².